The molecule has 4 rings (SSSR count). The second-order valence-electron chi connectivity index (χ2n) is 8.29. The molecule has 2 fully saturated rings. The zero-order valence-corrected chi connectivity index (χ0v) is 21.0. The van der Waals surface area contributed by atoms with Gasteiger partial charge in [-0.15, -0.1) is 0 Å². The summed E-state index contributed by atoms with van der Waals surface area (Å²) in [5.41, 5.74) is 2.02. The number of halogens is 1. The highest BCUT2D eigenvalue weighted by Gasteiger charge is 2.14. The Balaban J connectivity index is 1.31. The third kappa shape index (κ3) is 7.48. The molecular formula is C26H32ClN3O3S. The second-order valence-corrected chi connectivity index (χ2v) is 9.78. The Morgan fingerprint density at radius 1 is 1.00 bits per heavy atom. The van der Waals surface area contributed by atoms with Gasteiger partial charge in [0.15, 0.2) is 0 Å². The van der Waals surface area contributed by atoms with Gasteiger partial charge in [0.05, 0.1) is 31.5 Å². The van der Waals surface area contributed by atoms with Crippen LogP contribution in [0, 0.1) is 0 Å². The first-order valence-electron chi connectivity index (χ1n) is 11.8. The summed E-state index contributed by atoms with van der Waals surface area (Å²) in [6.07, 6.45) is 4.52. The molecule has 0 saturated carbocycles. The SMILES string of the molecule is O=C(/C=C/c1ccc(Sc2ccccc2NCCCN2CCOCC2)c(Cl)c1)N1CCOCC1. The molecule has 2 saturated heterocycles. The van der Waals surface area contributed by atoms with E-state index < -0.39 is 0 Å². The highest BCUT2D eigenvalue weighted by atomic mass is 35.5. The van der Waals surface area contributed by atoms with Crippen LogP contribution in [0.1, 0.15) is 12.0 Å². The summed E-state index contributed by atoms with van der Waals surface area (Å²) in [6.45, 7) is 8.21. The standard InChI is InChI=1S/C26H32ClN3O3S/c27-22-20-21(7-9-26(31)30-14-18-33-19-15-30)6-8-24(22)34-25-5-2-1-4-23(25)28-10-3-11-29-12-16-32-17-13-29/h1-2,4-9,20,28H,3,10-19H2/b9-7+. The molecule has 1 amide bonds. The molecule has 0 atom stereocenters. The quantitative estimate of drug-likeness (QED) is 0.403. The summed E-state index contributed by atoms with van der Waals surface area (Å²) < 4.78 is 10.7. The largest absolute Gasteiger partial charge is 0.384 e. The number of rotatable bonds is 9. The van der Waals surface area contributed by atoms with Crippen LogP contribution in [0.5, 0.6) is 0 Å². The number of carbonyl (C=O) groups is 1. The Morgan fingerprint density at radius 2 is 1.74 bits per heavy atom. The van der Waals surface area contributed by atoms with Crippen LogP contribution in [-0.2, 0) is 14.3 Å². The molecule has 2 aliphatic heterocycles. The van der Waals surface area contributed by atoms with Crippen LogP contribution >= 0.6 is 23.4 Å². The molecule has 1 N–H and O–H groups in total. The van der Waals surface area contributed by atoms with Crippen molar-refractivity contribution in [3.63, 3.8) is 0 Å². The fourth-order valence-corrected chi connectivity index (χ4v) is 5.16. The van der Waals surface area contributed by atoms with Crippen molar-refractivity contribution < 1.29 is 14.3 Å². The van der Waals surface area contributed by atoms with E-state index >= 15 is 0 Å². The topological polar surface area (TPSA) is 54.0 Å². The molecule has 0 radical (unpaired) electrons. The third-order valence-corrected chi connectivity index (χ3v) is 7.45. The summed E-state index contributed by atoms with van der Waals surface area (Å²) in [4.78, 5) is 18.7. The summed E-state index contributed by atoms with van der Waals surface area (Å²) >= 11 is 8.25. The van der Waals surface area contributed by atoms with E-state index in [9.17, 15) is 4.79 Å². The van der Waals surface area contributed by atoms with E-state index in [1.165, 1.54) is 0 Å². The van der Waals surface area contributed by atoms with Gasteiger partial charge in [-0.05, 0) is 48.9 Å². The molecule has 8 heteroatoms. The molecular weight excluding hydrogens is 470 g/mol. The predicted octanol–water partition coefficient (Wildman–Crippen LogP) is 4.50. The van der Waals surface area contributed by atoms with E-state index in [0.29, 0.717) is 31.3 Å². The van der Waals surface area contributed by atoms with Crippen LogP contribution in [0.3, 0.4) is 0 Å². The van der Waals surface area contributed by atoms with Gasteiger partial charge in [-0.3, -0.25) is 9.69 Å². The summed E-state index contributed by atoms with van der Waals surface area (Å²) in [5, 5.41) is 4.26. The molecule has 34 heavy (non-hydrogen) atoms. The minimum absolute atomic E-state index is 0.00601. The molecule has 0 aliphatic carbocycles. The van der Waals surface area contributed by atoms with Crippen molar-refractivity contribution in [1.29, 1.82) is 0 Å². The smallest absolute Gasteiger partial charge is 0.246 e. The van der Waals surface area contributed by atoms with Gasteiger partial charge in [0.2, 0.25) is 5.91 Å². The average molecular weight is 502 g/mol. The van der Waals surface area contributed by atoms with Crippen LogP contribution < -0.4 is 5.32 Å². The van der Waals surface area contributed by atoms with Crippen molar-refractivity contribution in [2.75, 3.05) is 71.0 Å². The van der Waals surface area contributed by atoms with Crippen LogP contribution in [0.15, 0.2) is 58.3 Å². The number of para-hydroxylation sites is 1. The zero-order valence-electron chi connectivity index (χ0n) is 19.4. The van der Waals surface area contributed by atoms with Crippen molar-refractivity contribution in [2.45, 2.75) is 16.2 Å². The van der Waals surface area contributed by atoms with Crippen molar-refractivity contribution in [3.05, 3.63) is 59.1 Å². The minimum atomic E-state index is 0.00601. The highest BCUT2D eigenvalue weighted by molar-refractivity contribution is 7.99. The molecule has 182 valence electrons. The molecule has 0 aromatic heterocycles. The van der Waals surface area contributed by atoms with Crippen LogP contribution in [0.4, 0.5) is 5.69 Å². The summed E-state index contributed by atoms with van der Waals surface area (Å²) in [5.74, 6) is 0.00601. The van der Waals surface area contributed by atoms with Crippen LogP contribution in [-0.4, -0.2) is 81.4 Å². The number of carbonyl (C=O) groups excluding carboxylic acids is 1. The number of nitrogens with zero attached hydrogens (tertiary/aromatic N) is 2. The lowest BCUT2D eigenvalue weighted by Crippen LogP contribution is -2.39. The predicted molar refractivity (Wildman–Crippen MR) is 139 cm³/mol. The van der Waals surface area contributed by atoms with Gasteiger partial charge in [-0.1, -0.05) is 41.6 Å². The van der Waals surface area contributed by atoms with E-state index in [1.807, 2.05) is 30.3 Å². The van der Waals surface area contributed by atoms with Crippen molar-refractivity contribution in [1.82, 2.24) is 9.80 Å². The van der Waals surface area contributed by atoms with Gasteiger partial charge in [-0.2, -0.15) is 0 Å². The third-order valence-electron chi connectivity index (χ3n) is 5.87. The lowest BCUT2D eigenvalue weighted by Gasteiger charge is -2.26. The Labute approximate surface area is 211 Å². The molecule has 0 bridgehead atoms. The molecule has 6 nitrogen and oxygen atoms in total. The number of nitrogens with one attached hydrogen (secondary N) is 1. The number of hydrogen-bond acceptors (Lipinski definition) is 6. The van der Waals surface area contributed by atoms with Gasteiger partial charge in [0.25, 0.3) is 0 Å². The average Bonchev–Trinajstić information content (AvgIpc) is 2.88. The van der Waals surface area contributed by atoms with Gasteiger partial charge < -0.3 is 19.7 Å². The lowest BCUT2D eigenvalue weighted by atomic mass is 10.2. The van der Waals surface area contributed by atoms with Gasteiger partial charge in [0.1, 0.15) is 0 Å². The molecule has 2 aromatic carbocycles. The van der Waals surface area contributed by atoms with Crippen molar-refractivity contribution in [3.8, 4) is 0 Å². The lowest BCUT2D eigenvalue weighted by molar-refractivity contribution is -0.129. The fourth-order valence-electron chi connectivity index (χ4n) is 3.93. The highest BCUT2D eigenvalue weighted by Crippen LogP contribution is 2.37. The molecule has 2 heterocycles. The van der Waals surface area contributed by atoms with E-state index in [4.69, 9.17) is 21.1 Å². The minimum Gasteiger partial charge on any atom is -0.384 e. The van der Waals surface area contributed by atoms with Gasteiger partial charge in [0, 0.05) is 54.3 Å². The van der Waals surface area contributed by atoms with E-state index in [2.05, 4.69) is 28.4 Å². The summed E-state index contributed by atoms with van der Waals surface area (Å²) in [7, 11) is 0. The summed E-state index contributed by atoms with van der Waals surface area (Å²) in [6, 6.07) is 14.2. The molecule has 0 unspecified atom stereocenters. The van der Waals surface area contributed by atoms with Crippen molar-refractivity contribution >= 4 is 41.0 Å². The van der Waals surface area contributed by atoms with E-state index in [0.717, 1.165) is 66.9 Å². The van der Waals surface area contributed by atoms with Gasteiger partial charge >= 0.3 is 0 Å². The maximum absolute atomic E-state index is 12.3. The zero-order chi connectivity index (χ0) is 23.6. The number of hydrogen-bond donors (Lipinski definition) is 1. The Bertz CT molecular complexity index is 976. The molecule has 0 spiro atoms. The van der Waals surface area contributed by atoms with Gasteiger partial charge in [-0.25, -0.2) is 0 Å². The van der Waals surface area contributed by atoms with Crippen LogP contribution in [0.25, 0.3) is 6.08 Å². The number of anilines is 1. The first-order chi connectivity index (χ1) is 16.7. The fraction of sp³-hybridized carbons (Fsp3) is 0.423. The Morgan fingerprint density at radius 3 is 2.50 bits per heavy atom. The number of benzene rings is 2. The van der Waals surface area contributed by atoms with E-state index in [-0.39, 0.29) is 5.91 Å². The first kappa shape index (κ1) is 25.1. The normalized spacial score (nSPS) is 17.3. The van der Waals surface area contributed by atoms with Crippen molar-refractivity contribution in [2.24, 2.45) is 0 Å². The second kappa shape index (κ2) is 13.2. The number of amides is 1. The van der Waals surface area contributed by atoms with Crippen LogP contribution in [0.2, 0.25) is 5.02 Å². The number of ether oxygens (including phenoxy) is 2. The first-order valence-corrected chi connectivity index (χ1v) is 13.0. The maximum Gasteiger partial charge on any atom is 0.246 e. The number of morpholine rings is 2. The molecule has 2 aromatic rings. The Kier molecular flexibility index (Phi) is 9.71. The Hall–Kier alpha value is -2.03. The molecule has 2 aliphatic rings. The maximum atomic E-state index is 12.3. The van der Waals surface area contributed by atoms with E-state index in [1.54, 1.807) is 22.7 Å². The monoisotopic (exact) mass is 501 g/mol.